The molecule has 0 amide bonds. The Balaban J connectivity index is 2.40. The molecule has 2 rings (SSSR count). The fraction of sp³-hybridized carbons (Fsp3) is 0.278. The first-order valence-electron chi connectivity index (χ1n) is 7.07. The minimum Gasteiger partial charge on any atom is -0.392 e. The summed E-state index contributed by atoms with van der Waals surface area (Å²) in [7, 11) is 0. The quantitative estimate of drug-likeness (QED) is 0.907. The zero-order valence-corrected chi connectivity index (χ0v) is 12.9. The van der Waals surface area contributed by atoms with Crippen molar-refractivity contribution in [2.24, 2.45) is 0 Å². The number of anilines is 1. The summed E-state index contributed by atoms with van der Waals surface area (Å²) in [6.07, 6.45) is 1.79. The average Bonchev–Trinajstić information content (AvgIpc) is 2.45. The van der Waals surface area contributed by atoms with Crippen molar-refractivity contribution in [3.8, 4) is 0 Å². The van der Waals surface area contributed by atoms with Crippen LogP contribution < -0.4 is 4.90 Å². The van der Waals surface area contributed by atoms with Crippen LogP contribution in [0.2, 0.25) is 0 Å². The smallest absolute Gasteiger partial charge is 0.0685 e. The molecule has 1 aromatic heterocycles. The summed E-state index contributed by atoms with van der Waals surface area (Å²) in [6, 6.07) is 10.1. The predicted molar refractivity (Wildman–Crippen MR) is 87.1 cm³/mol. The minimum absolute atomic E-state index is 0.0473. The van der Waals surface area contributed by atoms with Crippen LogP contribution in [0.1, 0.15) is 29.3 Å². The van der Waals surface area contributed by atoms with E-state index in [0.717, 1.165) is 28.2 Å². The number of aryl methyl sites for hydroxylation is 2. The Labute approximate surface area is 126 Å². The van der Waals surface area contributed by atoms with E-state index in [-0.39, 0.29) is 6.61 Å². The standard InChI is InChI=1S/C18H22N2O/c1-13(2)20(18-6-5-9-19-15(18)4)11-17-10-14(3)7-8-16(17)12-21/h5-10,21H,1,11-12H2,2-4H3. The van der Waals surface area contributed by atoms with Gasteiger partial charge in [-0.15, -0.1) is 0 Å². The molecule has 1 aromatic carbocycles. The fourth-order valence-electron chi connectivity index (χ4n) is 2.41. The maximum absolute atomic E-state index is 9.53. The van der Waals surface area contributed by atoms with Gasteiger partial charge in [-0.25, -0.2) is 0 Å². The number of nitrogens with zero attached hydrogens (tertiary/aromatic N) is 2. The fourth-order valence-corrected chi connectivity index (χ4v) is 2.41. The molecule has 0 saturated heterocycles. The molecule has 110 valence electrons. The van der Waals surface area contributed by atoms with Crippen molar-refractivity contribution in [3.63, 3.8) is 0 Å². The summed E-state index contributed by atoms with van der Waals surface area (Å²) < 4.78 is 0. The van der Waals surface area contributed by atoms with Crippen LogP contribution in [0.25, 0.3) is 0 Å². The molecular weight excluding hydrogens is 260 g/mol. The van der Waals surface area contributed by atoms with Crippen LogP contribution in [0.4, 0.5) is 5.69 Å². The zero-order chi connectivity index (χ0) is 15.4. The van der Waals surface area contributed by atoms with E-state index in [0.29, 0.717) is 6.54 Å². The van der Waals surface area contributed by atoms with Gasteiger partial charge in [0.15, 0.2) is 0 Å². The first kappa shape index (κ1) is 15.3. The van der Waals surface area contributed by atoms with Crippen LogP contribution in [0.5, 0.6) is 0 Å². The van der Waals surface area contributed by atoms with Gasteiger partial charge in [0, 0.05) is 18.4 Å². The van der Waals surface area contributed by atoms with Crippen molar-refractivity contribution in [2.45, 2.75) is 33.9 Å². The van der Waals surface area contributed by atoms with Gasteiger partial charge in [0.2, 0.25) is 0 Å². The molecular formula is C18H22N2O. The van der Waals surface area contributed by atoms with E-state index in [9.17, 15) is 5.11 Å². The highest BCUT2D eigenvalue weighted by Crippen LogP contribution is 2.25. The number of hydrogen-bond acceptors (Lipinski definition) is 3. The second-order valence-corrected chi connectivity index (χ2v) is 5.36. The number of aromatic nitrogens is 1. The molecule has 3 heteroatoms. The lowest BCUT2D eigenvalue weighted by atomic mass is 10.0. The molecule has 1 N–H and O–H groups in total. The lowest BCUT2D eigenvalue weighted by Crippen LogP contribution is -2.22. The second kappa shape index (κ2) is 6.55. The molecule has 0 spiro atoms. The summed E-state index contributed by atoms with van der Waals surface area (Å²) in [5.41, 5.74) is 6.23. The topological polar surface area (TPSA) is 36.4 Å². The van der Waals surface area contributed by atoms with Crippen LogP contribution in [-0.2, 0) is 13.2 Å². The van der Waals surface area contributed by atoms with Crippen LogP contribution >= 0.6 is 0 Å². The van der Waals surface area contributed by atoms with Gasteiger partial charge in [-0.3, -0.25) is 4.98 Å². The molecule has 0 unspecified atom stereocenters. The number of aliphatic hydroxyl groups excluding tert-OH is 1. The van der Waals surface area contributed by atoms with Crippen molar-refractivity contribution in [1.29, 1.82) is 0 Å². The third-order valence-electron chi connectivity index (χ3n) is 3.59. The molecule has 0 saturated carbocycles. The normalized spacial score (nSPS) is 10.5. The van der Waals surface area contributed by atoms with E-state index in [1.54, 1.807) is 6.20 Å². The average molecular weight is 282 g/mol. The number of benzene rings is 1. The van der Waals surface area contributed by atoms with Crippen LogP contribution in [-0.4, -0.2) is 10.1 Å². The zero-order valence-electron chi connectivity index (χ0n) is 12.9. The number of aliphatic hydroxyl groups is 1. The van der Waals surface area contributed by atoms with Crippen molar-refractivity contribution < 1.29 is 5.11 Å². The molecule has 0 atom stereocenters. The molecule has 0 radical (unpaired) electrons. The van der Waals surface area contributed by atoms with Crippen LogP contribution in [0, 0.1) is 13.8 Å². The maximum Gasteiger partial charge on any atom is 0.0685 e. The largest absolute Gasteiger partial charge is 0.392 e. The Morgan fingerprint density at radius 2 is 2.00 bits per heavy atom. The molecule has 0 aliphatic heterocycles. The minimum atomic E-state index is 0.0473. The van der Waals surface area contributed by atoms with E-state index in [4.69, 9.17) is 0 Å². The maximum atomic E-state index is 9.53. The third kappa shape index (κ3) is 3.50. The lowest BCUT2D eigenvalue weighted by molar-refractivity contribution is 0.280. The first-order valence-corrected chi connectivity index (χ1v) is 7.07. The van der Waals surface area contributed by atoms with Gasteiger partial charge >= 0.3 is 0 Å². The highest BCUT2D eigenvalue weighted by molar-refractivity contribution is 5.55. The van der Waals surface area contributed by atoms with Crippen LogP contribution in [0.15, 0.2) is 48.8 Å². The monoisotopic (exact) mass is 282 g/mol. The summed E-state index contributed by atoms with van der Waals surface area (Å²) in [6.45, 7) is 10.9. The first-order chi connectivity index (χ1) is 10.0. The van der Waals surface area contributed by atoms with E-state index in [2.05, 4.69) is 29.5 Å². The van der Waals surface area contributed by atoms with E-state index >= 15 is 0 Å². The van der Waals surface area contributed by atoms with Gasteiger partial charge in [-0.2, -0.15) is 0 Å². The molecule has 0 aliphatic carbocycles. The number of pyridine rings is 1. The molecule has 0 bridgehead atoms. The summed E-state index contributed by atoms with van der Waals surface area (Å²) in [5.74, 6) is 0. The molecule has 3 nitrogen and oxygen atoms in total. The van der Waals surface area contributed by atoms with Gasteiger partial charge in [-0.05, 0) is 44.0 Å². The van der Waals surface area contributed by atoms with Gasteiger partial charge < -0.3 is 10.0 Å². The van der Waals surface area contributed by atoms with E-state index in [1.165, 1.54) is 5.56 Å². The molecule has 0 fully saturated rings. The molecule has 2 aromatic rings. The Bertz CT molecular complexity index is 649. The summed E-state index contributed by atoms with van der Waals surface area (Å²) in [5, 5.41) is 9.53. The number of allylic oxidation sites excluding steroid dienone is 1. The van der Waals surface area contributed by atoms with Crippen molar-refractivity contribution >= 4 is 5.69 Å². The van der Waals surface area contributed by atoms with Crippen molar-refractivity contribution in [3.05, 3.63) is 71.2 Å². The van der Waals surface area contributed by atoms with Gasteiger partial charge in [0.05, 0.1) is 18.0 Å². The van der Waals surface area contributed by atoms with E-state index in [1.807, 2.05) is 38.1 Å². The lowest BCUT2D eigenvalue weighted by Gasteiger charge is -2.27. The third-order valence-corrected chi connectivity index (χ3v) is 3.59. The number of hydrogen-bond donors (Lipinski definition) is 1. The molecule has 21 heavy (non-hydrogen) atoms. The Morgan fingerprint density at radius 1 is 1.24 bits per heavy atom. The SMILES string of the molecule is C=C(C)N(Cc1cc(C)ccc1CO)c1cccnc1C. The number of rotatable bonds is 5. The Morgan fingerprint density at radius 3 is 2.62 bits per heavy atom. The van der Waals surface area contributed by atoms with Crippen molar-refractivity contribution in [1.82, 2.24) is 4.98 Å². The highest BCUT2D eigenvalue weighted by Gasteiger charge is 2.13. The molecule has 0 aliphatic rings. The summed E-state index contributed by atoms with van der Waals surface area (Å²) in [4.78, 5) is 6.49. The van der Waals surface area contributed by atoms with Crippen molar-refractivity contribution in [2.75, 3.05) is 4.90 Å². The Hall–Kier alpha value is -2.13. The summed E-state index contributed by atoms with van der Waals surface area (Å²) >= 11 is 0. The Kier molecular flexibility index (Phi) is 4.76. The van der Waals surface area contributed by atoms with Gasteiger partial charge in [-0.1, -0.05) is 30.3 Å². The van der Waals surface area contributed by atoms with Gasteiger partial charge in [0.1, 0.15) is 0 Å². The molecule has 1 heterocycles. The van der Waals surface area contributed by atoms with Crippen LogP contribution in [0.3, 0.4) is 0 Å². The predicted octanol–water partition coefficient (Wildman–Crippen LogP) is 3.73. The van der Waals surface area contributed by atoms with E-state index < -0.39 is 0 Å². The van der Waals surface area contributed by atoms with Gasteiger partial charge in [0.25, 0.3) is 0 Å². The second-order valence-electron chi connectivity index (χ2n) is 5.36. The highest BCUT2D eigenvalue weighted by atomic mass is 16.3.